The lowest BCUT2D eigenvalue weighted by Gasteiger charge is -2.27. The molecule has 3 unspecified atom stereocenters. The van der Waals surface area contributed by atoms with Crippen molar-refractivity contribution in [2.75, 3.05) is 13.2 Å². The lowest BCUT2D eigenvalue weighted by molar-refractivity contribution is -0.171. The molecule has 0 spiro atoms. The quantitative estimate of drug-likeness (QED) is 0.751. The Hall–Kier alpha value is -1.10. The number of rotatable bonds is 5. The molecule has 0 bridgehead atoms. The lowest BCUT2D eigenvalue weighted by Crippen LogP contribution is -2.40. The minimum Gasteiger partial charge on any atom is -0.463 e. The van der Waals surface area contributed by atoms with E-state index in [0.717, 1.165) is 19.4 Å². The van der Waals surface area contributed by atoms with E-state index >= 15 is 0 Å². The summed E-state index contributed by atoms with van der Waals surface area (Å²) >= 11 is 0. The highest BCUT2D eigenvalue weighted by atomic mass is 16.6. The molecule has 1 aliphatic heterocycles. The Morgan fingerprint density at radius 2 is 2.11 bits per heavy atom. The number of hydrogen-bond donors (Lipinski definition) is 1. The van der Waals surface area contributed by atoms with E-state index in [9.17, 15) is 9.59 Å². The molecule has 0 radical (unpaired) electrons. The fourth-order valence-electron chi connectivity index (χ4n) is 2.12. The molecule has 0 aromatic carbocycles. The average Bonchev–Trinajstić information content (AvgIpc) is 2.35. The van der Waals surface area contributed by atoms with Crippen LogP contribution in [0.1, 0.15) is 40.0 Å². The first-order chi connectivity index (χ1) is 8.58. The molecule has 1 rings (SSSR count). The van der Waals surface area contributed by atoms with E-state index < -0.39 is 12.1 Å². The van der Waals surface area contributed by atoms with Crippen LogP contribution in [0, 0.1) is 5.92 Å². The number of hydrogen-bond acceptors (Lipinski definition) is 5. The van der Waals surface area contributed by atoms with Crippen molar-refractivity contribution in [2.45, 2.75) is 52.2 Å². The molecular weight excluding hydrogens is 234 g/mol. The zero-order valence-electron chi connectivity index (χ0n) is 11.4. The van der Waals surface area contributed by atoms with Crippen LogP contribution in [0.4, 0.5) is 0 Å². The van der Waals surface area contributed by atoms with E-state index in [2.05, 4.69) is 5.32 Å². The maximum Gasteiger partial charge on any atom is 0.347 e. The van der Waals surface area contributed by atoms with Crippen LogP contribution in [-0.2, 0) is 19.1 Å². The molecule has 3 atom stereocenters. The van der Waals surface area contributed by atoms with Gasteiger partial charge in [-0.3, -0.25) is 4.79 Å². The van der Waals surface area contributed by atoms with E-state index in [1.165, 1.54) is 0 Å². The summed E-state index contributed by atoms with van der Waals surface area (Å²) < 4.78 is 10.1. The second kappa shape index (κ2) is 7.36. The van der Waals surface area contributed by atoms with Crippen molar-refractivity contribution in [3.63, 3.8) is 0 Å². The third-order valence-corrected chi connectivity index (χ3v) is 3.14. The maximum atomic E-state index is 12.0. The Balaban J connectivity index is 2.48. The van der Waals surface area contributed by atoms with Crippen LogP contribution in [0.3, 0.4) is 0 Å². The van der Waals surface area contributed by atoms with Crippen molar-refractivity contribution in [3.05, 3.63) is 0 Å². The number of nitrogens with one attached hydrogen (secondary N) is 1. The predicted octanol–water partition coefficient (Wildman–Crippen LogP) is 1.26. The van der Waals surface area contributed by atoms with E-state index in [1.807, 2.05) is 6.92 Å². The molecule has 1 aliphatic rings. The summed E-state index contributed by atoms with van der Waals surface area (Å²) in [5.74, 6) is -0.830. The van der Waals surface area contributed by atoms with Crippen LogP contribution < -0.4 is 5.32 Å². The smallest absolute Gasteiger partial charge is 0.347 e. The normalized spacial score (nSPS) is 25.3. The number of ether oxygens (including phenoxy) is 2. The van der Waals surface area contributed by atoms with Crippen LogP contribution in [0.25, 0.3) is 0 Å². The van der Waals surface area contributed by atoms with Gasteiger partial charge < -0.3 is 14.8 Å². The van der Waals surface area contributed by atoms with E-state index in [-0.39, 0.29) is 11.9 Å². The molecule has 1 N–H and O–H groups in total. The molecule has 0 aromatic rings. The second-order valence-corrected chi connectivity index (χ2v) is 4.66. The molecular formula is C13H23NO4. The van der Waals surface area contributed by atoms with Crippen LogP contribution in [-0.4, -0.2) is 37.2 Å². The highest BCUT2D eigenvalue weighted by Crippen LogP contribution is 2.19. The fourth-order valence-corrected chi connectivity index (χ4v) is 2.12. The van der Waals surface area contributed by atoms with Crippen LogP contribution in [0.15, 0.2) is 0 Å². The Morgan fingerprint density at radius 1 is 1.39 bits per heavy atom. The first-order valence-corrected chi connectivity index (χ1v) is 6.69. The number of esters is 2. The SMILES string of the molecule is CCOC(=O)C(CC)OC(=O)C1CCNC(C)C1. The minimum atomic E-state index is -0.761. The molecule has 18 heavy (non-hydrogen) atoms. The summed E-state index contributed by atoms with van der Waals surface area (Å²) in [6, 6.07) is 0.318. The van der Waals surface area contributed by atoms with Crippen molar-refractivity contribution >= 4 is 11.9 Å². The summed E-state index contributed by atoms with van der Waals surface area (Å²) in [5.41, 5.74) is 0. The molecule has 104 valence electrons. The van der Waals surface area contributed by atoms with Gasteiger partial charge in [0.25, 0.3) is 0 Å². The van der Waals surface area contributed by atoms with Crippen molar-refractivity contribution in [1.29, 1.82) is 0 Å². The van der Waals surface area contributed by atoms with Gasteiger partial charge in [-0.1, -0.05) is 6.92 Å². The summed E-state index contributed by atoms with van der Waals surface area (Å²) in [6.45, 7) is 6.71. The minimum absolute atomic E-state index is 0.107. The van der Waals surface area contributed by atoms with Gasteiger partial charge in [0.15, 0.2) is 6.10 Å². The molecule has 5 nitrogen and oxygen atoms in total. The summed E-state index contributed by atoms with van der Waals surface area (Å²) in [6.07, 6.45) is 1.22. The van der Waals surface area contributed by atoms with E-state index in [1.54, 1.807) is 13.8 Å². The van der Waals surface area contributed by atoms with Gasteiger partial charge in [-0.25, -0.2) is 4.79 Å². The Morgan fingerprint density at radius 3 is 2.67 bits per heavy atom. The van der Waals surface area contributed by atoms with Crippen LogP contribution in [0.5, 0.6) is 0 Å². The molecule has 0 aromatic heterocycles. The van der Waals surface area contributed by atoms with Crippen molar-refractivity contribution in [3.8, 4) is 0 Å². The second-order valence-electron chi connectivity index (χ2n) is 4.66. The highest BCUT2D eigenvalue weighted by molar-refractivity contribution is 5.80. The Kier molecular flexibility index (Phi) is 6.12. The van der Waals surface area contributed by atoms with Gasteiger partial charge in [0.05, 0.1) is 12.5 Å². The van der Waals surface area contributed by atoms with Gasteiger partial charge in [-0.15, -0.1) is 0 Å². The Labute approximate surface area is 108 Å². The van der Waals surface area contributed by atoms with Gasteiger partial charge in [0.2, 0.25) is 0 Å². The van der Waals surface area contributed by atoms with E-state index in [0.29, 0.717) is 19.1 Å². The van der Waals surface area contributed by atoms with Crippen molar-refractivity contribution in [2.24, 2.45) is 5.92 Å². The number of piperidine rings is 1. The monoisotopic (exact) mass is 257 g/mol. The third-order valence-electron chi connectivity index (χ3n) is 3.14. The summed E-state index contributed by atoms with van der Waals surface area (Å²) in [7, 11) is 0. The standard InChI is InChI=1S/C13H23NO4/c1-4-11(13(16)17-5-2)18-12(15)10-6-7-14-9(3)8-10/h9-11,14H,4-8H2,1-3H3. The average molecular weight is 257 g/mol. The van der Waals surface area contributed by atoms with Crippen LogP contribution >= 0.6 is 0 Å². The third kappa shape index (κ3) is 4.29. The van der Waals surface area contributed by atoms with Crippen LogP contribution in [0.2, 0.25) is 0 Å². The largest absolute Gasteiger partial charge is 0.463 e. The first kappa shape index (κ1) is 15.0. The predicted molar refractivity (Wildman–Crippen MR) is 67.0 cm³/mol. The zero-order chi connectivity index (χ0) is 13.5. The molecule has 1 heterocycles. The highest BCUT2D eigenvalue weighted by Gasteiger charge is 2.30. The maximum absolute atomic E-state index is 12.0. The van der Waals surface area contributed by atoms with Gasteiger partial charge in [-0.2, -0.15) is 0 Å². The molecule has 0 amide bonds. The Bertz CT molecular complexity index is 293. The number of carbonyl (C=O) groups excluding carboxylic acids is 2. The van der Waals surface area contributed by atoms with Gasteiger partial charge >= 0.3 is 11.9 Å². The summed E-state index contributed by atoms with van der Waals surface area (Å²) in [5, 5.41) is 3.28. The molecule has 0 aliphatic carbocycles. The van der Waals surface area contributed by atoms with Gasteiger partial charge in [-0.05, 0) is 39.7 Å². The molecule has 0 saturated carbocycles. The summed E-state index contributed by atoms with van der Waals surface area (Å²) in [4.78, 5) is 23.5. The number of carbonyl (C=O) groups is 2. The zero-order valence-corrected chi connectivity index (χ0v) is 11.4. The van der Waals surface area contributed by atoms with Gasteiger partial charge in [0, 0.05) is 6.04 Å². The van der Waals surface area contributed by atoms with Crippen molar-refractivity contribution in [1.82, 2.24) is 5.32 Å². The molecule has 1 fully saturated rings. The first-order valence-electron chi connectivity index (χ1n) is 6.69. The van der Waals surface area contributed by atoms with E-state index in [4.69, 9.17) is 9.47 Å². The fraction of sp³-hybridized carbons (Fsp3) is 0.846. The molecule has 1 saturated heterocycles. The lowest BCUT2D eigenvalue weighted by atomic mass is 9.93. The molecule has 5 heteroatoms. The topological polar surface area (TPSA) is 64.6 Å². The van der Waals surface area contributed by atoms with Crippen molar-refractivity contribution < 1.29 is 19.1 Å². The van der Waals surface area contributed by atoms with Gasteiger partial charge in [0.1, 0.15) is 0 Å².